The Labute approximate surface area is 134 Å². The molecule has 0 bridgehead atoms. The molecule has 2 aromatic rings. The molecule has 112 valence electrons. The molecule has 0 aliphatic heterocycles. The molecule has 0 amide bonds. The van der Waals surface area contributed by atoms with E-state index in [1.165, 1.54) is 7.11 Å². The van der Waals surface area contributed by atoms with E-state index < -0.39 is 0 Å². The van der Waals surface area contributed by atoms with Crippen LogP contribution in [0.4, 0.5) is 0 Å². The minimum Gasteiger partial charge on any atom is -0.468 e. The van der Waals surface area contributed by atoms with Crippen LogP contribution in [0.25, 0.3) is 11.1 Å². The molecule has 22 heavy (non-hydrogen) atoms. The van der Waals surface area contributed by atoms with Gasteiger partial charge in [0.2, 0.25) is 0 Å². The molecular weight excluding hydrogens is 294 g/mol. The highest BCUT2D eigenvalue weighted by Crippen LogP contribution is 2.30. The summed E-state index contributed by atoms with van der Waals surface area (Å²) in [5.74, 6) is 0.132. The minimum atomic E-state index is -0.212. The van der Waals surface area contributed by atoms with Gasteiger partial charge in [0.05, 0.1) is 24.5 Å². The maximum Gasteiger partial charge on any atom is 0.315 e. The van der Waals surface area contributed by atoms with E-state index in [2.05, 4.69) is 17.7 Å². The van der Waals surface area contributed by atoms with E-state index in [9.17, 15) is 10.1 Å². The van der Waals surface area contributed by atoms with Crippen molar-refractivity contribution in [3.63, 3.8) is 0 Å². The summed E-state index contributed by atoms with van der Waals surface area (Å²) in [6, 6.07) is 17.9. The van der Waals surface area contributed by atoms with Crippen LogP contribution in [-0.2, 0) is 9.53 Å². The molecule has 1 unspecified atom stereocenters. The summed E-state index contributed by atoms with van der Waals surface area (Å²) in [6.45, 7) is 2.06. The van der Waals surface area contributed by atoms with Crippen LogP contribution in [-0.4, -0.2) is 18.8 Å². The fourth-order valence-electron chi connectivity index (χ4n) is 2.11. The van der Waals surface area contributed by atoms with Gasteiger partial charge in [-0.2, -0.15) is 5.26 Å². The SMILES string of the molecule is COC(=O)CSC(C)c1ccc(-c2ccccc2C#N)cc1. The van der Waals surface area contributed by atoms with Crippen LogP contribution in [0.15, 0.2) is 48.5 Å². The van der Waals surface area contributed by atoms with E-state index in [0.717, 1.165) is 16.7 Å². The normalized spacial score (nSPS) is 11.5. The Morgan fingerprint density at radius 3 is 2.55 bits per heavy atom. The largest absolute Gasteiger partial charge is 0.468 e. The molecule has 0 N–H and O–H groups in total. The molecular formula is C18H17NO2S. The van der Waals surface area contributed by atoms with E-state index in [-0.39, 0.29) is 11.2 Å². The van der Waals surface area contributed by atoms with Crippen LogP contribution in [0.5, 0.6) is 0 Å². The lowest BCUT2D eigenvalue weighted by Crippen LogP contribution is -2.04. The summed E-state index contributed by atoms with van der Waals surface area (Å²) in [6.07, 6.45) is 0. The van der Waals surface area contributed by atoms with Crippen molar-refractivity contribution in [2.24, 2.45) is 0 Å². The van der Waals surface area contributed by atoms with Gasteiger partial charge in [-0.1, -0.05) is 42.5 Å². The summed E-state index contributed by atoms with van der Waals surface area (Å²) in [5.41, 5.74) is 3.77. The maximum absolute atomic E-state index is 11.2. The van der Waals surface area contributed by atoms with Crippen molar-refractivity contribution in [3.05, 3.63) is 59.7 Å². The molecule has 0 aromatic heterocycles. The number of thioether (sulfide) groups is 1. The van der Waals surface area contributed by atoms with E-state index in [4.69, 9.17) is 0 Å². The van der Waals surface area contributed by atoms with Gasteiger partial charge < -0.3 is 4.74 Å². The summed E-state index contributed by atoms with van der Waals surface area (Å²) < 4.78 is 4.65. The zero-order valence-electron chi connectivity index (χ0n) is 12.6. The van der Waals surface area contributed by atoms with Crippen LogP contribution >= 0.6 is 11.8 Å². The highest BCUT2D eigenvalue weighted by Gasteiger charge is 2.10. The fraction of sp³-hybridized carbons (Fsp3) is 0.222. The zero-order valence-corrected chi connectivity index (χ0v) is 13.4. The van der Waals surface area contributed by atoms with Crippen molar-refractivity contribution in [2.45, 2.75) is 12.2 Å². The lowest BCUT2D eigenvalue weighted by molar-refractivity contribution is -0.137. The van der Waals surface area contributed by atoms with E-state index in [0.29, 0.717) is 11.3 Å². The number of hydrogen-bond acceptors (Lipinski definition) is 4. The molecule has 2 rings (SSSR count). The number of benzene rings is 2. The number of hydrogen-bond donors (Lipinski definition) is 0. The summed E-state index contributed by atoms with van der Waals surface area (Å²) in [4.78, 5) is 11.2. The van der Waals surface area contributed by atoms with E-state index >= 15 is 0 Å². The van der Waals surface area contributed by atoms with Gasteiger partial charge in [0.25, 0.3) is 0 Å². The maximum atomic E-state index is 11.2. The second kappa shape index (κ2) is 7.67. The van der Waals surface area contributed by atoms with Crippen LogP contribution in [0, 0.1) is 11.3 Å². The van der Waals surface area contributed by atoms with Gasteiger partial charge in [-0.15, -0.1) is 11.8 Å². The number of methoxy groups -OCH3 is 1. The average Bonchev–Trinajstić information content (AvgIpc) is 2.59. The standard InChI is InChI=1S/C18H17NO2S/c1-13(22-12-18(20)21-2)14-7-9-15(10-8-14)17-6-4-3-5-16(17)11-19/h3-10,13H,12H2,1-2H3. The van der Waals surface area contributed by atoms with Gasteiger partial charge >= 0.3 is 5.97 Å². The average molecular weight is 311 g/mol. The predicted octanol–water partition coefficient (Wildman–Crippen LogP) is 4.19. The Morgan fingerprint density at radius 2 is 1.91 bits per heavy atom. The highest BCUT2D eigenvalue weighted by molar-refractivity contribution is 8.00. The third kappa shape index (κ3) is 3.90. The topological polar surface area (TPSA) is 50.1 Å². The monoisotopic (exact) mass is 311 g/mol. The van der Waals surface area contributed by atoms with E-state index in [1.54, 1.807) is 11.8 Å². The molecule has 0 heterocycles. The predicted molar refractivity (Wildman–Crippen MR) is 89.5 cm³/mol. The number of carbonyl (C=O) groups excluding carboxylic acids is 1. The van der Waals surface area contributed by atoms with Crippen molar-refractivity contribution < 1.29 is 9.53 Å². The molecule has 3 nitrogen and oxygen atoms in total. The third-order valence-electron chi connectivity index (χ3n) is 3.42. The minimum absolute atomic E-state index is 0.208. The van der Waals surface area contributed by atoms with Gasteiger partial charge in [-0.3, -0.25) is 4.79 Å². The summed E-state index contributed by atoms with van der Waals surface area (Å²) >= 11 is 1.54. The first-order valence-corrected chi connectivity index (χ1v) is 7.98. The van der Waals surface area contributed by atoms with Crippen molar-refractivity contribution >= 4 is 17.7 Å². The number of nitrogens with zero attached hydrogens (tertiary/aromatic N) is 1. The Morgan fingerprint density at radius 1 is 1.23 bits per heavy atom. The first-order chi connectivity index (χ1) is 10.7. The van der Waals surface area contributed by atoms with Crippen LogP contribution in [0.2, 0.25) is 0 Å². The fourth-order valence-corrected chi connectivity index (χ4v) is 2.97. The van der Waals surface area contributed by atoms with Crippen LogP contribution in [0.3, 0.4) is 0 Å². The molecule has 0 saturated carbocycles. The van der Waals surface area contributed by atoms with Gasteiger partial charge in [-0.25, -0.2) is 0 Å². The number of carbonyl (C=O) groups is 1. The second-order valence-electron chi connectivity index (χ2n) is 4.81. The number of esters is 1. The Hall–Kier alpha value is -2.25. The molecule has 2 aromatic carbocycles. The molecule has 0 spiro atoms. The summed E-state index contributed by atoms with van der Waals surface area (Å²) in [7, 11) is 1.40. The molecule has 0 saturated heterocycles. The Balaban J connectivity index is 2.13. The smallest absolute Gasteiger partial charge is 0.315 e. The lowest BCUT2D eigenvalue weighted by atomic mass is 9.99. The first kappa shape index (κ1) is 16.1. The zero-order chi connectivity index (χ0) is 15.9. The summed E-state index contributed by atoms with van der Waals surface area (Å²) in [5, 5.41) is 9.38. The van der Waals surface area contributed by atoms with Crippen LogP contribution < -0.4 is 0 Å². The third-order valence-corrected chi connectivity index (χ3v) is 4.59. The number of ether oxygens (including phenoxy) is 1. The number of rotatable bonds is 5. The van der Waals surface area contributed by atoms with Crippen molar-refractivity contribution in [1.29, 1.82) is 5.26 Å². The second-order valence-corrected chi connectivity index (χ2v) is 6.14. The molecule has 4 heteroatoms. The van der Waals surface area contributed by atoms with Gasteiger partial charge in [0.15, 0.2) is 0 Å². The molecule has 0 aliphatic carbocycles. The first-order valence-electron chi connectivity index (χ1n) is 6.93. The van der Waals surface area contributed by atoms with Gasteiger partial charge in [-0.05, 0) is 29.7 Å². The lowest BCUT2D eigenvalue weighted by Gasteiger charge is -2.12. The van der Waals surface area contributed by atoms with Gasteiger partial charge in [0.1, 0.15) is 0 Å². The molecule has 0 aliphatic rings. The molecule has 1 atom stereocenters. The van der Waals surface area contributed by atoms with Crippen LogP contribution in [0.1, 0.15) is 23.3 Å². The Bertz CT molecular complexity index is 689. The Kier molecular flexibility index (Phi) is 5.62. The van der Waals surface area contributed by atoms with E-state index in [1.807, 2.05) is 48.5 Å². The van der Waals surface area contributed by atoms with Crippen molar-refractivity contribution in [2.75, 3.05) is 12.9 Å². The quantitative estimate of drug-likeness (QED) is 0.777. The van der Waals surface area contributed by atoms with Crippen molar-refractivity contribution in [1.82, 2.24) is 0 Å². The number of nitriles is 1. The van der Waals surface area contributed by atoms with Crippen molar-refractivity contribution in [3.8, 4) is 17.2 Å². The molecule has 0 fully saturated rings. The van der Waals surface area contributed by atoms with Gasteiger partial charge in [0, 0.05) is 5.25 Å². The molecule has 0 radical (unpaired) electrons. The highest BCUT2D eigenvalue weighted by atomic mass is 32.2.